The van der Waals surface area contributed by atoms with Crippen LogP contribution in [-0.4, -0.2) is 86.6 Å². The largest absolute Gasteiger partial charge is 0.340 e. The van der Waals surface area contributed by atoms with Crippen LogP contribution in [0.1, 0.15) is 29.6 Å². The topological polar surface area (TPSA) is 141 Å². The molecule has 10 nitrogen and oxygen atoms in total. The quantitative estimate of drug-likeness (QED) is 0.346. The van der Waals surface area contributed by atoms with Gasteiger partial charge < -0.3 is 10.2 Å². The van der Waals surface area contributed by atoms with E-state index in [1.54, 1.807) is 12.1 Å². The van der Waals surface area contributed by atoms with Gasteiger partial charge in [-0.1, -0.05) is 42.5 Å². The highest BCUT2D eigenvalue weighted by molar-refractivity contribution is 7.88. The molecule has 1 atom stereocenters. The summed E-state index contributed by atoms with van der Waals surface area (Å²) < 4.78 is 55.8. The van der Waals surface area contributed by atoms with Crippen LogP contribution in [0.4, 0.5) is 0 Å². The molecule has 1 heterocycles. The molecule has 0 radical (unpaired) electrons. The van der Waals surface area contributed by atoms with Gasteiger partial charge in [-0.2, -0.15) is 12.7 Å². The van der Waals surface area contributed by atoms with Crippen molar-refractivity contribution in [2.24, 2.45) is 0 Å². The fourth-order valence-corrected chi connectivity index (χ4v) is 5.43. The summed E-state index contributed by atoms with van der Waals surface area (Å²) in [5.41, 5.74) is 2.31. The summed E-state index contributed by atoms with van der Waals surface area (Å²) in [5.74, 6) is -1.24. The second-order valence-electron chi connectivity index (χ2n) is 8.74. The van der Waals surface area contributed by atoms with Crippen molar-refractivity contribution in [1.29, 1.82) is 0 Å². The van der Waals surface area contributed by atoms with Crippen LogP contribution < -0.4 is 5.32 Å². The molecule has 36 heavy (non-hydrogen) atoms. The third-order valence-corrected chi connectivity index (χ3v) is 8.13. The van der Waals surface area contributed by atoms with Crippen molar-refractivity contribution in [3.05, 3.63) is 60.2 Å². The monoisotopic (exact) mass is 537 g/mol. The summed E-state index contributed by atoms with van der Waals surface area (Å²) in [5, 5.41) is 2.75. The first-order valence-electron chi connectivity index (χ1n) is 11.6. The van der Waals surface area contributed by atoms with E-state index in [0.29, 0.717) is 5.56 Å². The maximum atomic E-state index is 13.2. The van der Waals surface area contributed by atoms with Crippen LogP contribution in [-0.2, 0) is 24.9 Å². The Balaban J connectivity index is 1.68. The Kier molecular flexibility index (Phi) is 9.23. The van der Waals surface area contributed by atoms with Crippen molar-refractivity contribution in [1.82, 2.24) is 14.5 Å². The number of benzene rings is 2. The van der Waals surface area contributed by atoms with Gasteiger partial charge >= 0.3 is 0 Å². The molecule has 0 bridgehead atoms. The standard InChI is InChI=1S/C24H31N3O7S2/c1-35(30,31)27-16-14-26(15-17-27)24(29)22(9-5-6-18-36(32,33)34)25-23(28)21-12-10-20(11-13-21)19-7-3-2-4-8-19/h2-4,7-8,10-13,22H,5-6,9,14-18H2,1H3,(H,25,28)(H,32,33,34)/t22-/m0/s1. The Morgan fingerprint density at radius 1 is 0.889 bits per heavy atom. The first-order chi connectivity index (χ1) is 16.9. The van der Waals surface area contributed by atoms with Crippen molar-refractivity contribution in [3.8, 4) is 11.1 Å². The first kappa shape index (κ1) is 27.8. The lowest BCUT2D eigenvalue weighted by molar-refractivity contribution is -0.134. The number of sulfonamides is 1. The normalized spacial score (nSPS) is 15.9. The highest BCUT2D eigenvalue weighted by Gasteiger charge is 2.31. The third-order valence-electron chi connectivity index (χ3n) is 6.02. The van der Waals surface area contributed by atoms with Gasteiger partial charge in [0.05, 0.1) is 12.0 Å². The minimum Gasteiger partial charge on any atom is -0.340 e. The number of amides is 2. The average molecular weight is 538 g/mol. The third kappa shape index (κ3) is 8.12. The Morgan fingerprint density at radius 3 is 2.03 bits per heavy atom. The van der Waals surface area contributed by atoms with Crippen molar-refractivity contribution in [2.75, 3.05) is 38.2 Å². The van der Waals surface area contributed by atoms with E-state index in [4.69, 9.17) is 4.55 Å². The number of piperazine rings is 1. The van der Waals surface area contributed by atoms with Crippen LogP contribution in [0.2, 0.25) is 0 Å². The minimum atomic E-state index is -4.12. The van der Waals surface area contributed by atoms with E-state index in [0.717, 1.165) is 17.4 Å². The molecule has 1 aliphatic heterocycles. The van der Waals surface area contributed by atoms with Crippen LogP contribution in [0.5, 0.6) is 0 Å². The van der Waals surface area contributed by atoms with Gasteiger partial charge in [0.2, 0.25) is 15.9 Å². The van der Waals surface area contributed by atoms with Gasteiger partial charge in [-0.15, -0.1) is 0 Å². The number of nitrogens with one attached hydrogen (secondary N) is 1. The van der Waals surface area contributed by atoms with Gasteiger partial charge in [0.25, 0.3) is 16.0 Å². The maximum absolute atomic E-state index is 13.2. The molecule has 0 spiro atoms. The summed E-state index contributed by atoms with van der Waals surface area (Å²) in [6.45, 7) is 0.702. The lowest BCUT2D eigenvalue weighted by Crippen LogP contribution is -2.55. The SMILES string of the molecule is CS(=O)(=O)N1CCN(C(=O)[C@H](CCCCS(=O)(=O)O)NC(=O)c2ccc(-c3ccccc3)cc2)CC1. The molecule has 1 aliphatic rings. The summed E-state index contributed by atoms with van der Waals surface area (Å²) in [7, 11) is -7.48. The van der Waals surface area contributed by atoms with Crippen LogP contribution in [0.25, 0.3) is 11.1 Å². The molecule has 2 aromatic carbocycles. The predicted molar refractivity (Wildman–Crippen MR) is 136 cm³/mol. The second kappa shape index (κ2) is 12.0. The average Bonchev–Trinajstić information content (AvgIpc) is 2.85. The number of unbranched alkanes of at least 4 members (excludes halogenated alkanes) is 1. The number of carbonyl (C=O) groups excluding carboxylic acids is 2. The number of carbonyl (C=O) groups is 2. The van der Waals surface area contributed by atoms with Crippen LogP contribution in [0, 0.1) is 0 Å². The number of hydrogen-bond donors (Lipinski definition) is 2. The van der Waals surface area contributed by atoms with Crippen LogP contribution in [0.3, 0.4) is 0 Å². The molecule has 3 rings (SSSR count). The summed E-state index contributed by atoms with van der Waals surface area (Å²) >= 11 is 0. The lowest BCUT2D eigenvalue weighted by atomic mass is 10.0. The van der Waals surface area contributed by atoms with Crippen molar-refractivity contribution < 1.29 is 31.0 Å². The Morgan fingerprint density at radius 2 is 1.47 bits per heavy atom. The molecule has 0 aromatic heterocycles. The van der Waals surface area contributed by atoms with Gasteiger partial charge in [0.1, 0.15) is 6.04 Å². The van der Waals surface area contributed by atoms with E-state index in [2.05, 4.69) is 5.32 Å². The van der Waals surface area contributed by atoms with Gasteiger partial charge in [0.15, 0.2) is 0 Å². The van der Waals surface area contributed by atoms with Crippen molar-refractivity contribution in [3.63, 3.8) is 0 Å². The number of nitrogens with zero attached hydrogens (tertiary/aromatic N) is 2. The Hall–Kier alpha value is -2.80. The molecule has 0 aliphatic carbocycles. The molecule has 0 saturated carbocycles. The maximum Gasteiger partial charge on any atom is 0.264 e. The zero-order valence-electron chi connectivity index (χ0n) is 20.0. The highest BCUT2D eigenvalue weighted by Crippen LogP contribution is 2.19. The van der Waals surface area contributed by atoms with Crippen LogP contribution in [0.15, 0.2) is 54.6 Å². The van der Waals surface area contributed by atoms with Gasteiger partial charge in [0, 0.05) is 31.7 Å². The molecule has 0 unspecified atom stereocenters. The van der Waals surface area contributed by atoms with E-state index >= 15 is 0 Å². The van der Waals surface area contributed by atoms with E-state index in [9.17, 15) is 26.4 Å². The van der Waals surface area contributed by atoms with E-state index in [1.807, 2.05) is 42.5 Å². The Bertz CT molecular complexity index is 1260. The summed E-state index contributed by atoms with van der Waals surface area (Å²) in [6, 6.07) is 15.7. The van der Waals surface area contributed by atoms with Crippen molar-refractivity contribution in [2.45, 2.75) is 25.3 Å². The molecular formula is C24H31N3O7S2. The molecule has 196 valence electrons. The Labute approximate surface area is 212 Å². The predicted octanol–water partition coefficient (Wildman–Crippen LogP) is 1.61. The summed E-state index contributed by atoms with van der Waals surface area (Å²) in [4.78, 5) is 27.7. The molecule has 12 heteroatoms. The molecule has 2 aromatic rings. The van der Waals surface area contributed by atoms with Gasteiger partial charge in [-0.3, -0.25) is 14.1 Å². The van der Waals surface area contributed by atoms with Crippen LogP contribution >= 0.6 is 0 Å². The fourth-order valence-electron chi connectivity index (χ4n) is 4.04. The zero-order valence-corrected chi connectivity index (χ0v) is 21.7. The molecular weight excluding hydrogens is 506 g/mol. The van der Waals surface area contributed by atoms with Gasteiger partial charge in [-0.25, -0.2) is 8.42 Å². The molecule has 1 saturated heterocycles. The van der Waals surface area contributed by atoms with E-state index < -0.39 is 37.8 Å². The summed E-state index contributed by atoms with van der Waals surface area (Å²) in [6.07, 6.45) is 1.71. The fraction of sp³-hybridized carbons (Fsp3) is 0.417. The van der Waals surface area contributed by atoms with Crippen molar-refractivity contribution >= 4 is 32.0 Å². The minimum absolute atomic E-state index is 0.131. The smallest absolute Gasteiger partial charge is 0.264 e. The molecule has 1 fully saturated rings. The zero-order chi connectivity index (χ0) is 26.3. The first-order valence-corrected chi connectivity index (χ1v) is 15.1. The van der Waals surface area contributed by atoms with E-state index in [-0.39, 0.29) is 51.3 Å². The highest BCUT2D eigenvalue weighted by atomic mass is 32.2. The number of rotatable bonds is 10. The second-order valence-corrected chi connectivity index (χ2v) is 12.3. The van der Waals surface area contributed by atoms with E-state index in [1.165, 1.54) is 9.21 Å². The molecule has 2 N–H and O–H groups in total. The lowest BCUT2D eigenvalue weighted by Gasteiger charge is -2.35. The number of hydrogen-bond acceptors (Lipinski definition) is 6. The van der Waals surface area contributed by atoms with Gasteiger partial charge in [-0.05, 0) is 42.5 Å². The molecule has 2 amide bonds.